The molecule has 0 aliphatic carbocycles. The number of halogens is 2. The molecule has 4 rings (SSSR count). The van der Waals surface area contributed by atoms with Crippen LogP contribution in [0, 0.1) is 17.0 Å². The highest BCUT2D eigenvalue weighted by Crippen LogP contribution is 2.39. The zero-order valence-corrected chi connectivity index (χ0v) is 15.7. The molecule has 2 fully saturated rings. The Kier molecular flexibility index (Phi) is 5.14. The number of benzene rings is 1. The molecule has 1 atom stereocenters. The maximum Gasteiger partial charge on any atom is 0.270 e. The van der Waals surface area contributed by atoms with E-state index in [2.05, 4.69) is 15.4 Å². The van der Waals surface area contributed by atoms with Crippen LogP contribution in [0.2, 0.25) is 0 Å². The number of carbonyl (C=O) groups excluding carboxylic acids is 2. The van der Waals surface area contributed by atoms with Crippen molar-refractivity contribution in [3.8, 4) is 0 Å². The molecular weight excluding hydrogens is 366 g/mol. The molecule has 3 aliphatic rings. The minimum atomic E-state index is -0.817. The van der Waals surface area contributed by atoms with Gasteiger partial charge in [-0.25, -0.2) is 14.2 Å². The number of hydrazone groups is 1. The number of amides is 2. The first-order chi connectivity index (χ1) is 13.5. The summed E-state index contributed by atoms with van der Waals surface area (Å²) in [4.78, 5) is 27.9. The SMILES string of the molecule is O=C1CCC(C(=O)N2CC[C@@]3(CCCN(Cc4cccc(F)c4F)C3)C2)=NN1. The van der Waals surface area contributed by atoms with Crippen molar-refractivity contribution >= 4 is 17.5 Å². The number of rotatable bonds is 3. The average molecular weight is 390 g/mol. The Hall–Kier alpha value is -2.35. The molecule has 1 N–H and O–H groups in total. The van der Waals surface area contributed by atoms with E-state index in [1.807, 2.05) is 4.90 Å². The number of hydrogen-bond acceptors (Lipinski definition) is 4. The molecule has 28 heavy (non-hydrogen) atoms. The molecule has 0 radical (unpaired) electrons. The van der Waals surface area contributed by atoms with Crippen molar-refractivity contribution in [2.45, 2.75) is 38.6 Å². The van der Waals surface area contributed by atoms with Crippen LogP contribution in [0.4, 0.5) is 8.78 Å². The quantitative estimate of drug-likeness (QED) is 0.859. The first kappa shape index (κ1) is 19.0. The second kappa shape index (κ2) is 7.58. The Labute approximate surface area is 162 Å². The third-order valence-corrected chi connectivity index (χ3v) is 6.04. The fourth-order valence-electron chi connectivity index (χ4n) is 4.61. The van der Waals surface area contributed by atoms with E-state index in [0.717, 1.165) is 38.4 Å². The van der Waals surface area contributed by atoms with Crippen molar-refractivity contribution in [3.63, 3.8) is 0 Å². The van der Waals surface area contributed by atoms with Gasteiger partial charge in [0.05, 0.1) is 0 Å². The summed E-state index contributed by atoms with van der Waals surface area (Å²) >= 11 is 0. The molecule has 8 heteroatoms. The summed E-state index contributed by atoms with van der Waals surface area (Å²) in [6.45, 7) is 3.27. The zero-order valence-electron chi connectivity index (χ0n) is 15.7. The van der Waals surface area contributed by atoms with Crippen molar-refractivity contribution in [2.75, 3.05) is 26.2 Å². The normalized spacial score (nSPS) is 25.7. The van der Waals surface area contributed by atoms with E-state index in [-0.39, 0.29) is 23.7 Å². The lowest BCUT2D eigenvalue weighted by molar-refractivity contribution is -0.124. The molecule has 0 aromatic heterocycles. The molecule has 6 nitrogen and oxygen atoms in total. The van der Waals surface area contributed by atoms with Crippen molar-refractivity contribution in [3.05, 3.63) is 35.4 Å². The lowest BCUT2D eigenvalue weighted by Crippen LogP contribution is -2.46. The van der Waals surface area contributed by atoms with Gasteiger partial charge in [-0.05, 0) is 31.9 Å². The highest BCUT2D eigenvalue weighted by atomic mass is 19.2. The molecule has 2 amide bonds. The van der Waals surface area contributed by atoms with Crippen LogP contribution >= 0.6 is 0 Å². The van der Waals surface area contributed by atoms with Crippen LogP contribution < -0.4 is 5.43 Å². The zero-order chi connectivity index (χ0) is 19.7. The number of nitrogens with one attached hydrogen (secondary N) is 1. The molecule has 0 saturated carbocycles. The van der Waals surface area contributed by atoms with E-state index in [9.17, 15) is 18.4 Å². The van der Waals surface area contributed by atoms with Crippen molar-refractivity contribution in [1.29, 1.82) is 0 Å². The van der Waals surface area contributed by atoms with E-state index in [1.54, 1.807) is 6.07 Å². The number of likely N-dealkylation sites (tertiary alicyclic amines) is 2. The lowest BCUT2D eigenvalue weighted by atomic mass is 9.79. The molecule has 1 aromatic rings. The molecular formula is C20H24F2N4O2. The Bertz CT molecular complexity index is 828. The number of nitrogens with zero attached hydrogens (tertiary/aromatic N) is 3. The monoisotopic (exact) mass is 390 g/mol. The van der Waals surface area contributed by atoms with Gasteiger partial charge >= 0.3 is 0 Å². The maximum atomic E-state index is 14.0. The van der Waals surface area contributed by atoms with E-state index in [4.69, 9.17) is 0 Å². The summed E-state index contributed by atoms with van der Waals surface area (Å²) in [5, 5.41) is 3.92. The second-order valence-corrected chi connectivity index (χ2v) is 8.10. The van der Waals surface area contributed by atoms with Crippen LogP contribution in [0.15, 0.2) is 23.3 Å². The van der Waals surface area contributed by atoms with E-state index in [1.165, 1.54) is 6.07 Å². The fourth-order valence-corrected chi connectivity index (χ4v) is 4.61. The molecule has 150 valence electrons. The third kappa shape index (κ3) is 3.78. The van der Waals surface area contributed by atoms with Gasteiger partial charge in [0.15, 0.2) is 11.6 Å². The van der Waals surface area contributed by atoms with Gasteiger partial charge in [0.25, 0.3) is 5.91 Å². The van der Waals surface area contributed by atoms with Gasteiger partial charge in [0, 0.05) is 50.0 Å². The van der Waals surface area contributed by atoms with Crippen molar-refractivity contribution in [2.24, 2.45) is 10.5 Å². The highest BCUT2D eigenvalue weighted by molar-refractivity contribution is 6.39. The second-order valence-electron chi connectivity index (χ2n) is 8.10. The molecule has 3 aliphatic heterocycles. The summed E-state index contributed by atoms with van der Waals surface area (Å²) in [6.07, 6.45) is 3.54. The maximum absolute atomic E-state index is 14.0. The Morgan fingerprint density at radius 2 is 2.04 bits per heavy atom. The van der Waals surface area contributed by atoms with Gasteiger partial charge in [-0.2, -0.15) is 5.10 Å². The number of piperidine rings is 1. The molecule has 1 spiro atoms. The van der Waals surface area contributed by atoms with Gasteiger partial charge < -0.3 is 4.90 Å². The highest BCUT2D eigenvalue weighted by Gasteiger charge is 2.43. The third-order valence-electron chi connectivity index (χ3n) is 6.04. The summed E-state index contributed by atoms with van der Waals surface area (Å²) in [5.41, 5.74) is 3.14. The minimum absolute atomic E-state index is 0.0177. The van der Waals surface area contributed by atoms with E-state index < -0.39 is 11.6 Å². The topological polar surface area (TPSA) is 65.0 Å². The van der Waals surface area contributed by atoms with Crippen LogP contribution in [0.3, 0.4) is 0 Å². The summed E-state index contributed by atoms with van der Waals surface area (Å²) < 4.78 is 27.5. The van der Waals surface area contributed by atoms with Crippen LogP contribution in [0.25, 0.3) is 0 Å². The van der Waals surface area contributed by atoms with E-state index >= 15 is 0 Å². The van der Waals surface area contributed by atoms with Crippen LogP contribution in [-0.4, -0.2) is 53.5 Å². The first-order valence-corrected chi connectivity index (χ1v) is 9.76. The fraction of sp³-hybridized carbons (Fsp3) is 0.550. The smallest absolute Gasteiger partial charge is 0.270 e. The minimum Gasteiger partial charge on any atom is -0.337 e. The first-order valence-electron chi connectivity index (χ1n) is 9.76. The van der Waals surface area contributed by atoms with Gasteiger partial charge in [0.2, 0.25) is 5.91 Å². The van der Waals surface area contributed by atoms with Gasteiger partial charge in [-0.1, -0.05) is 12.1 Å². The van der Waals surface area contributed by atoms with Gasteiger partial charge in [-0.15, -0.1) is 0 Å². The summed E-state index contributed by atoms with van der Waals surface area (Å²) in [5.74, 6) is -1.86. The Morgan fingerprint density at radius 3 is 2.82 bits per heavy atom. The van der Waals surface area contributed by atoms with Crippen LogP contribution in [-0.2, 0) is 16.1 Å². The summed E-state index contributed by atoms with van der Waals surface area (Å²) in [6, 6.07) is 4.29. The molecule has 3 heterocycles. The predicted octanol–water partition coefficient (Wildman–Crippen LogP) is 2.05. The van der Waals surface area contributed by atoms with Gasteiger partial charge in [-0.3, -0.25) is 14.5 Å². The molecule has 1 aromatic carbocycles. The van der Waals surface area contributed by atoms with E-state index in [0.29, 0.717) is 37.3 Å². The average Bonchev–Trinajstić information content (AvgIpc) is 3.09. The van der Waals surface area contributed by atoms with Crippen LogP contribution in [0.1, 0.15) is 37.7 Å². The lowest BCUT2D eigenvalue weighted by Gasteiger charge is -2.40. The largest absolute Gasteiger partial charge is 0.337 e. The molecule has 0 unspecified atom stereocenters. The predicted molar refractivity (Wildman–Crippen MR) is 99.3 cm³/mol. The summed E-state index contributed by atoms with van der Waals surface area (Å²) in [7, 11) is 0. The van der Waals surface area contributed by atoms with Gasteiger partial charge in [0.1, 0.15) is 5.71 Å². The number of hydrogen-bond donors (Lipinski definition) is 1. The molecule has 0 bridgehead atoms. The van der Waals surface area contributed by atoms with Crippen LogP contribution in [0.5, 0.6) is 0 Å². The van der Waals surface area contributed by atoms with Crippen molar-refractivity contribution < 1.29 is 18.4 Å². The Morgan fingerprint density at radius 1 is 1.18 bits per heavy atom. The number of carbonyl (C=O) groups is 2. The molecule has 2 saturated heterocycles. The van der Waals surface area contributed by atoms with Crippen molar-refractivity contribution in [1.82, 2.24) is 15.2 Å². The standard InChI is InChI=1S/C20H24F2N4O2/c21-15-4-1-3-14(18(15)22)11-25-9-2-7-20(12-25)8-10-26(13-20)19(28)16-5-6-17(27)24-23-16/h1,3-4H,2,5-13H2,(H,24,27)/t20-/m1/s1. The Balaban J connectivity index is 1.41.